The highest BCUT2D eigenvalue weighted by Gasteiger charge is 2.16. The van der Waals surface area contributed by atoms with E-state index in [1.54, 1.807) is 60.9 Å². The van der Waals surface area contributed by atoms with Crippen molar-refractivity contribution >= 4 is 45.0 Å². The van der Waals surface area contributed by atoms with Crippen molar-refractivity contribution < 1.29 is 9.59 Å². The summed E-state index contributed by atoms with van der Waals surface area (Å²) in [6, 6.07) is 15.5. The van der Waals surface area contributed by atoms with E-state index < -0.39 is 5.91 Å². The molecule has 5 nitrogen and oxygen atoms in total. The number of rotatable bonds is 5. The number of amides is 2. The molecule has 0 saturated heterocycles. The first-order valence-corrected chi connectivity index (χ1v) is 9.24. The van der Waals surface area contributed by atoms with Crippen molar-refractivity contribution in [1.29, 1.82) is 0 Å². The molecule has 0 radical (unpaired) electrons. The topological polar surface area (TPSA) is 71.1 Å². The molecule has 2 aromatic carbocycles. The molecule has 1 heterocycles. The second-order valence-electron chi connectivity index (χ2n) is 5.67. The number of aromatic nitrogens is 1. The van der Waals surface area contributed by atoms with E-state index in [0.717, 1.165) is 10.0 Å². The molecule has 136 valence electrons. The number of halogens is 2. The van der Waals surface area contributed by atoms with Crippen molar-refractivity contribution in [3.05, 3.63) is 93.2 Å². The molecular formula is C20H15BrClN3O2. The van der Waals surface area contributed by atoms with Gasteiger partial charge in [0.1, 0.15) is 0 Å². The summed E-state index contributed by atoms with van der Waals surface area (Å²) < 4.78 is 0.736. The fourth-order valence-corrected chi connectivity index (χ4v) is 3.00. The summed E-state index contributed by atoms with van der Waals surface area (Å²) in [5.41, 5.74) is 1.97. The lowest BCUT2D eigenvalue weighted by atomic mass is 10.1. The van der Waals surface area contributed by atoms with Gasteiger partial charge in [-0.3, -0.25) is 14.6 Å². The molecule has 0 aliphatic heterocycles. The molecule has 3 rings (SSSR count). The first kappa shape index (κ1) is 19.1. The van der Waals surface area contributed by atoms with Crippen molar-refractivity contribution in [3.63, 3.8) is 0 Å². The van der Waals surface area contributed by atoms with Crippen LogP contribution in [-0.4, -0.2) is 16.8 Å². The van der Waals surface area contributed by atoms with E-state index in [-0.39, 0.29) is 5.91 Å². The zero-order valence-electron chi connectivity index (χ0n) is 14.1. The van der Waals surface area contributed by atoms with Crippen molar-refractivity contribution in [2.24, 2.45) is 0 Å². The number of nitrogens with zero attached hydrogens (tertiary/aromatic N) is 1. The minimum Gasteiger partial charge on any atom is -0.348 e. The third kappa shape index (κ3) is 4.93. The second kappa shape index (κ2) is 8.79. The smallest absolute Gasteiger partial charge is 0.257 e. The standard InChI is InChI=1S/C20H15BrClN3O2/c21-14-7-8-17(22)16(10-14)20(27)25-18-6-2-1-5-15(18)19(26)24-12-13-4-3-9-23-11-13/h1-11H,12H2,(H,24,26)(H,25,27). The van der Waals surface area contributed by atoms with Gasteiger partial charge in [-0.25, -0.2) is 0 Å². The van der Waals surface area contributed by atoms with Gasteiger partial charge in [0.2, 0.25) is 0 Å². The number of para-hydroxylation sites is 1. The third-order valence-electron chi connectivity index (χ3n) is 3.77. The fourth-order valence-electron chi connectivity index (χ4n) is 2.43. The minimum atomic E-state index is -0.395. The van der Waals surface area contributed by atoms with Gasteiger partial charge in [0.05, 0.1) is 21.8 Å². The number of nitrogens with one attached hydrogen (secondary N) is 2. The van der Waals surface area contributed by atoms with Gasteiger partial charge >= 0.3 is 0 Å². The van der Waals surface area contributed by atoms with Gasteiger partial charge in [0.15, 0.2) is 0 Å². The molecule has 0 spiro atoms. The Labute approximate surface area is 169 Å². The Balaban J connectivity index is 1.76. The predicted octanol–water partition coefficient (Wildman–Crippen LogP) is 4.68. The van der Waals surface area contributed by atoms with Gasteiger partial charge in [-0.1, -0.05) is 45.7 Å². The van der Waals surface area contributed by atoms with Crippen LogP contribution in [0.2, 0.25) is 5.02 Å². The average molecular weight is 445 g/mol. The number of hydrogen-bond acceptors (Lipinski definition) is 3. The molecule has 0 saturated carbocycles. The summed E-state index contributed by atoms with van der Waals surface area (Å²) in [6.45, 7) is 0.340. The van der Waals surface area contributed by atoms with Gasteiger partial charge in [-0.15, -0.1) is 0 Å². The number of anilines is 1. The van der Waals surface area contributed by atoms with Crippen LogP contribution in [0.4, 0.5) is 5.69 Å². The van der Waals surface area contributed by atoms with E-state index in [2.05, 4.69) is 31.5 Å². The van der Waals surface area contributed by atoms with Crippen molar-refractivity contribution in [2.45, 2.75) is 6.54 Å². The highest BCUT2D eigenvalue weighted by atomic mass is 79.9. The number of benzene rings is 2. The van der Waals surface area contributed by atoms with E-state index >= 15 is 0 Å². The van der Waals surface area contributed by atoms with E-state index in [1.165, 1.54) is 0 Å². The summed E-state index contributed by atoms with van der Waals surface area (Å²) >= 11 is 9.43. The lowest BCUT2D eigenvalue weighted by Gasteiger charge is -2.12. The maximum Gasteiger partial charge on any atom is 0.257 e. The van der Waals surface area contributed by atoms with Crippen LogP contribution in [0.3, 0.4) is 0 Å². The van der Waals surface area contributed by atoms with Crippen LogP contribution >= 0.6 is 27.5 Å². The largest absolute Gasteiger partial charge is 0.348 e. The summed E-state index contributed by atoms with van der Waals surface area (Å²) in [5, 5.41) is 5.91. The van der Waals surface area contributed by atoms with Crippen LogP contribution in [0.5, 0.6) is 0 Å². The molecular weight excluding hydrogens is 430 g/mol. The first-order chi connectivity index (χ1) is 13.0. The molecule has 0 bridgehead atoms. The Kier molecular flexibility index (Phi) is 6.21. The van der Waals surface area contributed by atoms with E-state index in [4.69, 9.17) is 11.6 Å². The number of carbonyl (C=O) groups excluding carboxylic acids is 2. The summed E-state index contributed by atoms with van der Waals surface area (Å²) in [7, 11) is 0. The Bertz CT molecular complexity index is 980. The van der Waals surface area contributed by atoms with Crippen LogP contribution in [0.1, 0.15) is 26.3 Å². The molecule has 1 aromatic heterocycles. The molecule has 2 amide bonds. The first-order valence-electron chi connectivity index (χ1n) is 8.07. The number of carbonyl (C=O) groups is 2. The summed E-state index contributed by atoms with van der Waals surface area (Å²) in [4.78, 5) is 29.2. The lowest BCUT2D eigenvalue weighted by molar-refractivity contribution is 0.0951. The third-order valence-corrected chi connectivity index (χ3v) is 4.59. The van der Waals surface area contributed by atoms with Crippen LogP contribution in [0.25, 0.3) is 0 Å². The lowest BCUT2D eigenvalue weighted by Crippen LogP contribution is -2.25. The summed E-state index contributed by atoms with van der Waals surface area (Å²) in [6.07, 6.45) is 3.35. The summed E-state index contributed by atoms with van der Waals surface area (Å²) in [5.74, 6) is -0.691. The monoisotopic (exact) mass is 443 g/mol. The maximum atomic E-state index is 12.6. The van der Waals surface area contributed by atoms with Crippen LogP contribution in [0, 0.1) is 0 Å². The van der Waals surface area contributed by atoms with Crippen molar-refractivity contribution in [1.82, 2.24) is 10.3 Å². The quantitative estimate of drug-likeness (QED) is 0.600. The second-order valence-corrected chi connectivity index (χ2v) is 6.99. The molecule has 0 atom stereocenters. The zero-order valence-corrected chi connectivity index (χ0v) is 16.4. The zero-order chi connectivity index (χ0) is 19.2. The van der Waals surface area contributed by atoms with Gasteiger partial charge in [-0.2, -0.15) is 0 Å². The molecule has 7 heteroatoms. The molecule has 0 fully saturated rings. The van der Waals surface area contributed by atoms with Crippen molar-refractivity contribution in [3.8, 4) is 0 Å². The molecule has 0 unspecified atom stereocenters. The molecule has 0 aliphatic rings. The normalized spacial score (nSPS) is 10.3. The van der Waals surface area contributed by atoms with E-state index in [9.17, 15) is 9.59 Å². The molecule has 3 aromatic rings. The van der Waals surface area contributed by atoms with Crippen molar-refractivity contribution in [2.75, 3.05) is 5.32 Å². The van der Waals surface area contributed by atoms with Crippen LogP contribution in [0.15, 0.2) is 71.5 Å². The highest BCUT2D eigenvalue weighted by Crippen LogP contribution is 2.23. The van der Waals surface area contributed by atoms with Gasteiger partial charge in [0, 0.05) is 23.4 Å². The SMILES string of the molecule is O=C(Nc1ccccc1C(=O)NCc1cccnc1)c1cc(Br)ccc1Cl. The fraction of sp³-hybridized carbons (Fsp3) is 0.0500. The molecule has 27 heavy (non-hydrogen) atoms. The number of pyridine rings is 1. The predicted molar refractivity (Wildman–Crippen MR) is 109 cm³/mol. The Morgan fingerprint density at radius 1 is 1.00 bits per heavy atom. The Hall–Kier alpha value is -2.70. The van der Waals surface area contributed by atoms with Gasteiger partial charge in [0.25, 0.3) is 11.8 Å². The van der Waals surface area contributed by atoms with Gasteiger partial charge in [-0.05, 0) is 42.0 Å². The number of hydrogen-bond donors (Lipinski definition) is 2. The van der Waals surface area contributed by atoms with Crippen LogP contribution in [-0.2, 0) is 6.54 Å². The highest BCUT2D eigenvalue weighted by molar-refractivity contribution is 9.10. The maximum absolute atomic E-state index is 12.6. The minimum absolute atomic E-state index is 0.296. The van der Waals surface area contributed by atoms with Crippen LogP contribution < -0.4 is 10.6 Å². The molecule has 0 aliphatic carbocycles. The van der Waals surface area contributed by atoms with E-state index in [1.807, 2.05) is 6.07 Å². The Morgan fingerprint density at radius 3 is 2.59 bits per heavy atom. The van der Waals surface area contributed by atoms with Gasteiger partial charge < -0.3 is 10.6 Å². The van der Waals surface area contributed by atoms with E-state index in [0.29, 0.717) is 28.4 Å². The average Bonchev–Trinajstić information content (AvgIpc) is 2.69. The molecule has 2 N–H and O–H groups in total. The Morgan fingerprint density at radius 2 is 1.81 bits per heavy atom.